The van der Waals surface area contributed by atoms with Crippen LogP contribution in [0.25, 0.3) is 0 Å². The molecule has 1 aromatic heterocycles. The molecular weight excluding hydrogens is 210 g/mol. The zero-order chi connectivity index (χ0) is 12.1. The summed E-state index contributed by atoms with van der Waals surface area (Å²) in [4.78, 5) is 4.34. The number of imidazole rings is 1. The van der Waals surface area contributed by atoms with E-state index in [9.17, 15) is 0 Å². The van der Waals surface area contributed by atoms with Gasteiger partial charge in [0.15, 0.2) is 0 Å². The standard InChI is InChI=1S/C14H19N3/c1-12(2)8-10-17-11-9-15-14(17)16-13-6-4-3-5-7-13/h3-7,9,11-12H,8,10H2,1-2H3,(H,15,16). The SMILES string of the molecule is CC(C)CCn1ccnc1Nc1ccccc1. The highest BCUT2D eigenvalue weighted by atomic mass is 15.2. The fourth-order valence-corrected chi connectivity index (χ4v) is 1.66. The van der Waals surface area contributed by atoms with Crippen LogP contribution in [0.5, 0.6) is 0 Å². The second-order valence-corrected chi connectivity index (χ2v) is 4.62. The van der Waals surface area contributed by atoms with Gasteiger partial charge in [-0.05, 0) is 24.5 Å². The lowest BCUT2D eigenvalue weighted by Gasteiger charge is -2.10. The number of aromatic nitrogens is 2. The van der Waals surface area contributed by atoms with Crippen LogP contribution in [0.3, 0.4) is 0 Å². The molecule has 3 nitrogen and oxygen atoms in total. The van der Waals surface area contributed by atoms with Gasteiger partial charge < -0.3 is 9.88 Å². The molecule has 1 heterocycles. The topological polar surface area (TPSA) is 29.9 Å². The molecule has 1 aromatic carbocycles. The van der Waals surface area contributed by atoms with Crippen molar-refractivity contribution >= 4 is 11.6 Å². The van der Waals surface area contributed by atoms with E-state index in [4.69, 9.17) is 0 Å². The zero-order valence-corrected chi connectivity index (χ0v) is 10.4. The summed E-state index contributed by atoms with van der Waals surface area (Å²) in [5.74, 6) is 1.62. The number of hydrogen-bond acceptors (Lipinski definition) is 2. The molecule has 90 valence electrons. The van der Waals surface area contributed by atoms with Crippen molar-refractivity contribution in [1.82, 2.24) is 9.55 Å². The molecule has 2 rings (SSSR count). The lowest BCUT2D eigenvalue weighted by Crippen LogP contribution is -2.05. The fraction of sp³-hybridized carbons (Fsp3) is 0.357. The normalized spacial score (nSPS) is 10.8. The van der Waals surface area contributed by atoms with Crippen LogP contribution < -0.4 is 5.32 Å². The summed E-state index contributed by atoms with van der Waals surface area (Å²) in [7, 11) is 0. The molecule has 3 heteroatoms. The monoisotopic (exact) mass is 229 g/mol. The number of nitrogens with one attached hydrogen (secondary N) is 1. The summed E-state index contributed by atoms with van der Waals surface area (Å²) in [5.41, 5.74) is 1.07. The van der Waals surface area contributed by atoms with Crippen LogP contribution in [0.1, 0.15) is 20.3 Å². The minimum absolute atomic E-state index is 0.710. The fourth-order valence-electron chi connectivity index (χ4n) is 1.66. The van der Waals surface area contributed by atoms with Gasteiger partial charge in [0.05, 0.1) is 0 Å². The maximum atomic E-state index is 4.34. The van der Waals surface area contributed by atoms with E-state index in [1.54, 1.807) is 0 Å². The molecule has 0 atom stereocenters. The maximum Gasteiger partial charge on any atom is 0.207 e. The summed E-state index contributed by atoms with van der Waals surface area (Å²) < 4.78 is 2.16. The first-order chi connectivity index (χ1) is 8.25. The Kier molecular flexibility index (Phi) is 3.81. The van der Waals surface area contributed by atoms with Crippen molar-refractivity contribution in [1.29, 1.82) is 0 Å². The van der Waals surface area contributed by atoms with Crippen molar-refractivity contribution in [2.75, 3.05) is 5.32 Å². The number of anilines is 2. The van der Waals surface area contributed by atoms with Gasteiger partial charge in [0.25, 0.3) is 0 Å². The Morgan fingerprint density at radius 1 is 1.24 bits per heavy atom. The second-order valence-electron chi connectivity index (χ2n) is 4.62. The second kappa shape index (κ2) is 5.53. The van der Waals surface area contributed by atoms with Crippen LogP contribution in [0, 0.1) is 5.92 Å². The molecule has 17 heavy (non-hydrogen) atoms. The number of nitrogens with zero attached hydrogens (tertiary/aromatic N) is 2. The molecule has 0 saturated carbocycles. The molecule has 0 aliphatic carbocycles. The molecule has 0 unspecified atom stereocenters. The maximum absolute atomic E-state index is 4.34. The van der Waals surface area contributed by atoms with E-state index in [0.717, 1.165) is 18.2 Å². The minimum Gasteiger partial charge on any atom is -0.326 e. The number of benzene rings is 1. The lowest BCUT2D eigenvalue weighted by molar-refractivity contribution is 0.519. The first-order valence-electron chi connectivity index (χ1n) is 6.09. The third kappa shape index (κ3) is 3.34. The molecule has 0 saturated heterocycles. The number of rotatable bonds is 5. The van der Waals surface area contributed by atoms with E-state index in [0.29, 0.717) is 5.92 Å². The van der Waals surface area contributed by atoms with Crippen LogP contribution in [-0.2, 0) is 6.54 Å². The predicted molar refractivity (Wildman–Crippen MR) is 71.4 cm³/mol. The predicted octanol–water partition coefficient (Wildman–Crippen LogP) is 3.67. The van der Waals surface area contributed by atoms with Gasteiger partial charge >= 0.3 is 0 Å². The first-order valence-corrected chi connectivity index (χ1v) is 6.09. The Hall–Kier alpha value is -1.77. The Bertz CT molecular complexity index is 446. The average Bonchev–Trinajstić information content (AvgIpc) is 2.75. The highest BCUT2D eigenvalue weighted by Crippen LogP contribution is 2.15. The van der Waals surface area contributed by atoms with E-state index in [2.05, 4.69) is 28.7 Å². The summed E-state index contributed by atoms with van der Waals surface area (Å²) in [6.45, 7) is 5.48. The summed E-state index contributed by atoms with van der Waals surface area (Å²) >= 11 is 0. The molecule has 2 aromatic rings. The summed E-state index contributed by atoms with van der Waals surface area (Å²) in [6.07, 6.45) is 5.03. The third-order valence-corrected chi connectivity index (χ3v) is 2.69. The van der Waals surface area contributed by atoms with Crippen LogP contribution >= 0.6 is 0 Å². The van der Waals surface area contributed by atoms with Crippen molar-refractivity contribution in [2.24, 2.45) is 5.92 Å². The van der Waals surface area contributed by atoms with Gasteiger partial charge in [-0.3, -0.25) is 0 Å². The molecule has 0 amide bonds. The molecule has 1 N–H and O–H groups in total. The Morgan fingerprint density at radius 3 is 2.71 bits per heavy atom. The summed E-state index contributed by atoms with van der Waals surface area (Å²) in [5, 5.41) is 3.33. The Balaban J connectivity index is 2.04. The van der Waals surface area contributed by atoms with Gasteiger partial charge in [-0.1, -0.05) is 32.0 Å². The molecule has 0 radical (unpaired) electrons. The summed E-state index contributed by atoms with van der Waals surface area (Å²) in [6, 6.07) is 10.1. The highest BCUT2D eigenvalue weighted by Gasteiger charge is 2.03. The molecule has 0 fully saturated rings. The van der Waals surface area contributed by atoms with Gasteiger partial charge in [0.2, 0.25) is 5.95 Å². The van der Waals surface area contributed by atoms with E-state index in [-0.39, 0.29) is 0 Å². The number of para-hydroxylation sites is 1. The largest absolute Gasteiger partial charge is 0.326 e. The van der Waals surface area contributed by atoms with Crippen molar-refractivity contribution < 1.29 is 0 Å². The minimum atomic E-state index is 0.710. The molecule has 0 aliphatic rings. The Morgan fingerprint density at radius 2 is 2.00 bits per heavy atom. The van der Waals surface area contributed by atoms with Crippen LogP contribution in [0.2, 0.25) is 0 Å². The molecule has 0 bridgehead atoms. The quantitative estimate of drug-likeness (QED) is 0.847. The van der Waals surface area contributed by atoms with Gasteiger partial charge in [0, 0.05) is 24.6 Å². The first kappa shape index (κ1) is 11.7. The number of aryl methyl sites for hydroxylation is 1. The Labute approximate surface area is 103 Å². The van der Waals surface area contributed by atoms with Gasteiger partial charge in [-0.25, -0.2) is 4.98 Å². The van der Waals surface area contributed by atoms with Crippen molar-refractivity contribution in [3.8, 4) is 0 Å². The molecule has 0 spiro atoms. The van der Waals surface area contributed by atoms with Crippen LogP contribution in [0.4, 0.5) is 11.6 Å². The number of hydrogen-bond donors (Lipinski definition) is 1. The van der Waals surface area contributed by atoms with E-state index < -0.39 is 0 Å². The highest BCUT2D eigenvalue weighted by molar-refractivity contribution is 5.52. The average molecular weight is 229 g/mol. The molecular formula is C14H19N3. The van der Waals surface area contributed by atoms with Gasteiger partial charge in [-0.2, -0.15) is 0 Å². The van der Waals surface area contributed by atoms with Crippen molar-refractivity contribution in [3.05, 3.63) is 42.7 Å². The van der Waals surface area contributed by atoms with E-state index >= 15 is 0 Å². The lowest BCUT2D eigenvalue weighted by atomic mass is 10.1. The van der Waals surface area contributed by atoms with Gasteiger partial charge in [-0.15, -0.1) is 0 Å². The van der Waals surface area contributed by atoms with E-state index in [1.807, 2.05) is 42.7 Å². The van der Waals surface area contributed by atoms with Gasteiger partial charge in [0.1, 0.15) is 0 Å². The van der Waals surface area contributed by atoms with Crippen LogP contribution in [0.15, 0.2) is 42.7 Å². The molecule has 0 aliphatic heterocycles. The zero-order valence-electron chi connectivity index (χ0n) is 10.4. The van der Waals surface area contributed by atoms with E-state index in [1.165, 1.54) is 6.42 Å². The van der Waals surface area contributed by atoms with Crippen molar-refractivity contribution in [2.45, 2.75) is 26.8 Å². The smallest absolute Gasteiger partial charge is 0.207 e. The third-order valence-electron chi connectivity index (χ3n) is 2.69. The van der Waals surface area contributed by atoms with Crippen molar-refractivity contribution in [3.63, 3.8) is 0 Å². The van der Waals surface area contributed by atoms with Crippen LogP contribution in [-0.4, -0.2) is 9.55 Å².